The Labute approximate surface area is 401 Å². The zero-order valence-electron chi connectivity index (χ0n) is 42.8. The molecule has 16 nitrogen and oxygen atoms in total. The Kier molecular flexibility index (Phi) is 13.8. The predicted molar refractivity (Wildman–Crippen MR) is 253 cm³/mol. The molecule has 0 bridgehead atoms. The van der Waals surface area contributed by atoms with Crippen LogP contribution in [-0.2, 0) is 38.1 Å². The third-order valence-electron chi connectivity index (χ3n) is 19.8. The molecule has 0 radical (unpaired) electrons. The van der Waals surface area contributed by atoms with Crippen molar-refractivity contribution in [1.29, 1.82) is 0 Å². The highest BCUT2D eigenvalue weighted by Crippen LogP contribution is 2.77. The van der Waals surface area contributed by atoms with Gasteiger partial charge in [0.1, 0.15) is 25.0 Å². The van der Waals surface area contributed by atoms with Gasteiger partial charge in [0.25, 0.3) is 5.56 Å². The maximum absolute atomic E-state index is 14.1. The molecule has 0 unspecified atom stereocenters. The molecule has 0 aromatic carbocycles. The number of ether oxygens (including phenoxy) is 4. The quantitative estimate of drug-likeness (QED) is 0.0586. The van der Waals surface area contributed by atoms with E-state index in [2.05, 4.69) is 63.5 Å². The number of aromatic nitrogens is 2. The van der Waals surface area contributed by atoms with Crippen molar-refractivity contribution in [3.63, 3.8) is 0 Å². The molecule has 16 heteroatoms. The Morgan fingerprint density at radius 1 is 0.897 bits per heavy atom. The van der Waals surface area contributed by atoms with Crippen LogP contribution < -0.4 is 11.2 Å². The zero-order chi connectivity index (χ0) is 50.2. The molecule has 1 aliphatic heterocycles. The molecule has 5 saturated carbocycles. The van der Waals surface area contributed by atoms with Gasteiger partial charge in [0.2, 0.25) is 0 Å². The Morgan fingerprint density at radius 3 is 2.25 bits per heavy atom. The van der Waals surface area contributed by atoms with E-state index in [9.17, 15) is 39.4 Å². The fourth-order valence-electron chi connectivity index (χ4n) is 15.7. The van der Waals surface area contributed by atoms with Gasteiger partial charge >= 0.3 is 29.6 Å². The van der Waals surface area contributed by atoms with E-state index < -0.39 is 64.3 Å². The highest BCUT2D eigenvalue weighted by Gasteiger charge is 2.71. The summed E-state index contributed by atoms with van der Waals surface area (Å²) >= 11 is 0. The number of carbonyl (C=O) groups excluding carboxylic acids is 3. The van der Waals surface area contributed by atoms with Crippen molar-refractivity contribution in [2.75, 3.05) is 13.2 Å². The van der Waals surface area contributed by atoms with Crippen molar-refractivity contribution in [2.24, 2.45) is 78.5 Å². The molecule has 0 spiro atoms. The number of carbonyl (C=O) groups is 4. The summed E-state index contributed by atoms with van der Waals surface area (Å²) in [6, 6.07) is -0.742. The number of carboxylic acids is 1. The first-order valence-electron chi connectivity index (χ1n) is 25.3. The molecule has 0 amide bonds. The lowest BCUT2D eigenvalue weighted by molar-refractivity contribution is -0.254. The minimum absolute atomic E-state index is 0.0567. The number of aliphatic carboxylic acids is 1. The van der Waals surface area contributed by atoms with Crippen LogP contribution in [0, 0.1) is 80.3 Å². The van der Waals surface area contributed by atoms with Gasteiger partial charge in [-0.15, -0.1) is 0 Å². The van der Waals surface area contributed by atoms with E-state index in [-0.39, 0.29) is 59.0 Å². The van der Waals surface area contributed by atoms with E-state index in [0.29, 0.717) is 47.7 Å². The Bertz CT molecular complexity index is 2310. The normalized spacial score (nSPS) is 37.4. The largest absolute Gasteiger partial charge is 0.481 e. The molecule has 1 aromatic heterocycles. The van der Waals surface area contributed by atoms with Gasteiger partial charge < -0.3 is 24.1 Å². The summed E-state index contributed by atoms with van der Waals surface area (Å²) in [4.78, 5) is 82.1. The summed E-state index contributed by atoms with van der Waals surface area (Å²) < 4.78 is 25.4. The summed E-state index contributed by atoms with van der Waals surface area (Å²) in [6.45, 7) is 25.1. The summed E-state index contributed by atoms with van der Waals surface area (Å²) in [6.07, 6.45) is 9.42. The van der Waals surface area contributed by atoms with Crippen LogP contribution in [0.2, 0.25) is 0 Å². The number of fused-ring (bicyclic) bond motifs is 7. The van der Waals surface area contributed by atoms with Crippen molar-refractivity contribution in [3.05, 3.63) is 43.0 Å². The number of hydrogen-bond acceptors (Lipinski definition) is 11. The lowest BCUT2D eigenvalue weighted by atomic mass is 9.32. The fraction of sp³-hybridized carbons (Fsp3) is 0.846. The van der Waals surface area contributed by atoms with Crippen LogP contribution >= 0.6 is 0 Å². The van der Waals surface area contributed by atoms with Gasteiger partial charge in [0.15, 0.2) is 0 Å². The third kappa shape index (κ3) is 8.85. The van der Waals surface area contributed by atoms with Crippen LogP contribution in [-0.4, -0.2) is 70.0 Å². The zero-order valence-corrected chi connectivity index (χ0v) is 42.8. The second-order valence-corrected chi connectivity index (χ2v) is 25.1. The van der Waals surface area contributed by atoms with Crippen molar-refractivity contribution in [2.45, 2.75) is 191 Å². The van der Waals surface area contributed by atoms with E-state index in [1.165, 1.54) is 10.8 Å². The van der Waals surface area contributed by atoms with Crippen LogP contribution in [0.15, 0.2) is 20.9 Å². The molecule has 7 rings (SSSR count). The third-order valence-corrected chi connectivity index (χ3v) is 19.8. The second kappa shape index (κ2) is 18.2. The van der Waals surface area contributed by atoms with Crippen LogP contribution in [0.3, 0.4) is 0 Å². The fourth-order valence-corrected chi connectivity index (χ4v) is 15.7. The summed E-state index contributed by atoms with van der Waals surface area (Å²) in [5, 5.41) is 13.5. The molecule has 1 saturated heterocycles. The number of hydrogen-bond donors (Lipinski definition) is 2. The minimum Gasteiger partial charge on any atom is -0.481 e. The van der Waals surface area contributed by atoms with Gasteiger partial charge in [-0.25, -0.2) is 4.79 Å². The number of nitrogens with one attached hydrogen (secondary N) is 1. The molecule has 2 N–H and O–H groups in total. The molecule has 1 aromatic rings. The van der Waals surface area contributed by atoms with Gasteiger partial charge in [-0.1, -0.05) is 53.6 Å². The van der Waals surface area contributed by atoms with Gasteiger partial charge in [-0.05, 0) is 156 Å². The highest BCUT2D eigenvalue weighted by atomic mass is 16.6. The standard InChI is InChI=1S/C52H79N5O11/c1-29(2)31-15-20-52(28-66-44(63)47(6,7)24-39(58)65-27-34-33(55-56-53)23-38(67-34)57-26-30(3)42(60)54-45(57)64)22-21-50(11)32(41(31)52)13-14-36-49(10)18-17-37(68-40(59)25-46(4,5)43(61)62)48(8,9)35(49)16-19-51(36,50)12/h26,29,31-38,41H,13-25,27-28H2,1-12H3,(H,61,62)(H,54,60,64)/t31-,32+,33-,34+,35-,36+,37-,38+,41+,49-,50+,51+,52+/m0/s1. The van der Waals surface area contributed by atoms with E-state index >= 15 is 0 Å². The number of esters is 3. The Morgan fingerprint density at radius 2 is 1.59 bits per heavy atom. The molecular formula is C52H79N5O11. The summed E-state index contributed by atoms with van der Waals surface area (Å²) in [7, 11) is 0. The lowest BCUT2D eigenvalue weighted by Crippen LogP contribution is -2.67. The van der Waals surface area contributed by atoms with Crippen LogP contribution in [0.25, 0.3) is 10.4 Å². The summed E-state index contributed by atoms with van der Waals surface area (Å²) in [5.74, 6) is 0.169. The molecule has 378 valence electrons. The number of nitrogens with zero attached hydrogens (tertiary/aromatic N) is 4. The number of aryl methyl sites for hydroxylation is 1. The smallest absolute Gasteiger partial charge is 0.330 e. The summed E-state index contributed by atoms with van der Waals surface area (Å²) in [5.41, 5.74) is 5.77. The topological polar surface area (TPSA) is 229 Å². The highest BCUT2D eigenvalue weighted by molar-refractivity contribution is 5.83. The Balaban J connectivity index is 1.01. The SMILES string of the molecule is Cc1cn([C@H]2C[C@H](N=[N+]=[N-])[C@@H](COC(=O)CC(C)(C)C(=O)OC[C@]34CC[C@@H](C(C)C)[C@@H]3[C@H]3CC[C@@H]5[C@@]6(C)CC[C@H](OC(=O)CC(C)(C)C(=O)O)C(C)(C)[C@@H]6CC[C@@]5(C)[C@]3(C)CC4)O2)c(=O)[nH]c1=O. The maximum atomic E-state index is 14.1. The molecule has 6 aliphatic rings. The number of rotatable bonds is 14. The number of azide groups is 1. The monoisotopic (exact) mass is 950 g/mol. The van der Waals surface area contributed by atoms with E-state index in [1.54, 1.807) is 34.6 Å². The van der Waals surface area contributed by atoms with Crippen molar-refractivity contribution in [3.8, 4) is 0 Å². The van der Waals surface area contributed by atoms with E-state index in [0.717, 1.165) is 64.2 Å². The van der Waals surface area contributed by atoms with Gasteiger partial charge in [-0.3, -0.25) is 33.5 Å². The maximum Gasteiger partial charge on any atom is 0.330 e. The average molecular weight is 950 g/mol. The van der Waals surface area contributed by atoms with Gasteiger partial charge in [-0.2, -0.15) is 0 Å². The van der Waals surface area contributed by atoms with Crippen molar-refractivity contribution in [1.82, 2.24) is 9.55 Å². The second-order valence-electron chi connectivity index (χ2n) is 25.1. The lowest BCUT2D eigenvalue weighted by Gasteiger charge is -2.73. The number of carboxylic acid groups (broad SMARTS) is 1. The predicted octanol–water partition coefficient (Wildman–Crippen LogP) is 9.46. The number of H-pyrrole nitrogens is 1. The van der Waals surface area contributed by atoms with E-state index in [4.69, 9.17) is 18.9 Å². The van der Waals surface area contributed by atoms with Gasteiger partial charge in [0, 0.05) is 33.9 Å². The van der Waals surface area contributed by atoms with Crippen molar-refractivity contribution < 1.29 is 43.2 Å². The molecular weight excluding hydrogens is 871 g/mol. The molecule has 68 heavy (non-hydrogen) atoms. The average Bonchev–Trinajstić information content (AvgIpc) is 3.83. The van der Waals surface area contributed by atoms with Crippen LogP contribution in [0.4, 0.5) is 0 Å². The van der Waals surface area contributed by atoms with E-state index in [1.807, 2.05) is 0 Å². The molecule has 5 aliphatic carbocycles. The number of aromatic amines is 1. The molecule has 2 heterocycles. The minimum atomic E-state index is -1.19. The van der Waals surface area contributed by atoms with Gasteiger partial charge in [0.05, 0.1) is 36.3 Å². The first-order chi connectivity index (χ1) is 31.6. The Hall–Kier alpha value is -4.17. The molecule has 6 fully saturated rings. The van der Waals surface area contributed by atoms with Crippen LogP contribution in [0.5, 0.6) is 0 Å². The van der Waals surface area contributed by atoms with Crippen molar-refractivity contribution >= 4 is 23.9 Å². The first kappa shape index (κ1) is 51.7. The molecule has 13 atom stereocenters. The first-order valence-corrected chi connectivity index (χ1v) is 25.3. The van der Waals surface area contributed by atoms with Crippen LogP contribution in [0.1, 0.15) is 171 Å².